The average molecular weight is 548 g/mol. The van der Waals surface area contributed by atoms with Gasteiger partial charge < -0.3 is 9.32 Å². The van der Waals surface area contributed by atoms with Crippen molar-refractivity contribution >= 4 is 82.3 Å². The normalized spacial score (nSPS) is 12.8. The van der Waals surface area contributed by atoms with Crippen LogP contribution in [0.15, 0.2) is 142 Å². The van der Waals surface area contributed by atoms with Crippen molar-refractivity contribution in [1.29, 1.82) is 0 Å². The summed E-state index contributed by atoms with van der Waals surface area (Å²) in [5.74, 6) is 0. The minimum absolute atomic E-state index is 0.937. The zero-order valence-corrected chi connectivity index (χ0v) is 22.9. The van der Waals surface area contributed by atoms with Gasteiger partial charge in [0.05, 0.1) is 11.4 Å². The zero-order chi connectivity index (χ0) is 26.2. The van der Waals surface area contributed by atoms with E-state index in [4.69, 9.17) is 4.42 Å². The van der Waals surface area contributed by atoms with Crippen molar-refractivity contribution in [3.8, 4) is 11.1 Å². The fourth-order valence-corrected chi connectivity index (χ4v) is 8.29. The van der Waals surface area contributed by atoms with E-state index in [0.717, 1.165) is 16.9 Å². The fourth-order valence-electron chi connectivity index (χ4n) is 6.10. The Hall–Kier alpha value is -4.51. The lowest BCUT2D eigenvalue weighted by atomic mass is 9.98. The second kappa shape index (κ2) is 8.49. The molecular formula is C36H21NOS2. The predicted octanol–water partition coefficient (Wildman–Crippen LogP) is 11.6. The molecule has 0 unspecified atom stereocenters. The molecule has 8 aromatic rings. The van der Waals surface area contributed by atoms with Crippen LogP contribution in [-0.4, -0.2) is 0 Å². The van der Waals surface area contributed by atoms with Crippen molar-refractivity contribution in [2.45, 2.75) is 9.79 Å². The van der Waals surface area contributed by atoms with Gasteiger partial charge >= 0.3 is 0 Å². The number of para-hydroxylation sites is 3. The second-order valence-electron chi connectivity index (χ2n) is 10.1. The number of nitrogens with zero attached hydrogens (tertiary/aromatic N) is 1. The highest BCUT2D eigenvalue weighted by molar-refractivity contribution is 7.99. The van der Waals surface area contributed by atoms with Gasteiger partial charge in [0.1, 0.15) is 11.2 Å². The summed E-state index contributed by atoms with van der Waals surface area (Å²) in [5.41, 5.74) is 7.95. The third-order valence-electron chi connectivity index (χ3n) is 7.87. The van der Waals surface area contributed by atoms with Gasteiger partial charge in [0.2, 0.25) is 0 Å². The van der Waals surface area contributed by atoms with Gasteiger partial charge in [-0.2, -0.15) is 0 Å². The molecular weight excluding hydrogens is 527 g/mol. The molecule has 188 valence electrons. The number of fused-ring (bicyclic) bond motifs is 9. The molecule has 0 spiro atoms. The maximum Gasteiger partial charge on any atom is 0.144 e. The first-order chi connectivity index (χ1) is 19.8. The second-order valence-corrected chi connectivity index (χ2v) is 12.3. The van der Waals surface area contributed by atoms with E-state index in [9.17, 15) is 0 Å². The lowest BCUT2D eigenvalue weighted by Gasteiger charge is -2.32. The van der Waals surface area contributed by atoms with Crippen LogP contribution in [0.1, 0.15) is 0 Å². The Balaban J connectivity index is 1.24. The molecule has 0 saturated heterocycles. The van der Waals surface area contributed by atoms with Crippen LogP contribution in [0.25, 0.3) is 53.2 Å². The lowest BCUT2D eigenvalue weighted by Crippen LogP contribution is -2.14. The first-order valence-corrected chi connectivity index (χ1v) is 15.0. The summed E-state index contributed by atoms with van der Waals surface area (Å²) in [4.78, 5) is 4.92. The zero-order valence-electron chi connectivity index (χ0n) is 21.3. The predicted molar refractivity (Wildman–Crippen MR) is 171 cm³/mol. The average Bonchev–Trinajstić information content (AvgIpc) is 3.58. The highest BCUT2D eigenvalue weighted by Gasteiger charge is 2.24. The van der Waals surface area contributed by atoms with E-state index in [-0.39, 0.29) is 0 Å². The smallest absolute Gasteiger partial charge is 0.144 e. The third kappa shape index (κ3) is 3.18. The fraction of sp³-hybridized carbons (Fsp3) is 0. The van der Waals surface area contributed by atoms with Crippen molar-refractivity contribution < 1.29 is 4.42 Å². The molecule has 40 heavy (non-hydrogen) atoms. The van der Waals surface area contributed by atoms with Gasteiger partial charge in [-0.05, 0) is 71.8 Å². The van der Waals surface area contributed by atoms with Crippen LogP contribution in [-0.2, 0) is 0 Å². The Morgan fingerprint density at radius 2 is 1.23 bits per heavy atom. The van der Waals surface area contributed by atoms with Gasteiger partial charge in [-0.3, -0.25) is 0 Å². The number of hydrogen-bond acceptors (Lipinski definition) is 4. The van der Waals surface area contributed by atoms with E-state index < -0.39 is 0 Å². The SMILES string of the molecule is c1ccc2c(c1)Sc1ccccc1N2c1ccc(-c2cccc3sc4ccc5c6ccccc6oc5c4c23)cc1. The Labute approximate surface area is 239 Å². The Morgan fingerprint density at radius 1 is 0.525 bits per heavy atom. The molecule has 4 heteroatoms. The van der Waals surface area contributed by atoms with Crippen LogP contribution >= 0.6 is 23.1 Å². The number of furan rings is 1. The molecule has 6 aromatic carbocycles. The molecule has 0 aliphatic carbocycles. The summed E-state index contributed by atoms with van der Waals surface area (Å²) >= 11 is 3.67. The van der Waals surface area contributed by atoms with E-state index in [1.165, 1.54) is 63.2 Å². The monoisotopic (exact) mass is 547 g/mol. The van der Waals surface area contributed by atoms with Gasteiger partial charge in [0.15, 0.2) is 0 Å². The van der Waals surface area contributed by atoms with E-state index >= 15 is 0 Å². The highest BCUT2D eigenvalue weighted by atomic mass is 32.2. The quantitative estimate of drug-likeness (QED) is 0.214. The van der Waals surface area contributed by atoms with Gasteiger partial charge in [0, 0.05) is 46.4 Å². The van der Waals surface area contributed by atoms with Gasteiger partial charge in [-0.25, -0.2) is 0 Å². The van der Waals surface area contributed by atoms with Gasteiger partial charge in [-0.15, -0.1) is 11.3 Å². The van der Waals surface area contributed by atoms with Crippen molar-refractivity contribution in [2.75, 3.05) is 4.90 Å². The van der Waals surface area contributed by atoms with Crippen LogP contribution in [0.4, 0.5) is 17.1 Å². The van der Waals surface area contributed by atoms with E-state index in [1.807, 2.05) is 29.2 Å². The summed E-state index contributed by atoms with van der Waals surface area (Å²) in [6.07, 6.45) is 0. The summed E-state index contributed by atoms with van der Waals surface area (Å²) in [6.45, 7) is 0. The minimum Gasteiger partial charge on any atom is -0.455 e. The van der Waals surface area contributed by atoms with Gasteiger partial charge in [0.25, 0.3) is 0 Å². The molecule has 0 bridgehead atoms. The molecule has 9 rings (SSSR count). The Morgan fingerprint density at radius 3 is 2.02 bits per heavy atom. The van der Waals surface area contributed by atoms with Crippen LogP contribution in [0, 0.1) is 0 Å². The van der Waals surface area contributed by atoms with Crippen LogP contribution in [0.2, 0.25) is 0 Å². The molecule has 2 nitrogen and oxygen atoms in total. The maximum absolute atomic E-state index is 6.49. The number of benzene rings is 6. The van der Waals surface area contributed by atoms with E-state index in [1.54, 1.807) is 0 Å². The van der Waals surface area contributed by atoms with Crippen LogP contribution in [0.5, 0.6) is 0 Å². The van der Waals surface area contributed by atoms with Crippen molar-refractivity contribution in [2.24, 2.45) is 0 Å². The first-order valence-electron chi connectivity index (χ1n) is 13.4. The summed E-state index contributed by atoms with van der Waals surface area (Å²) in [5, 5.41) is 4.82. The van der Waals surface area contributed by atoms with Crippen molar-refractivity contribution in [1.82, 2.24) is 0 Å². The molecule has 0 atom stereocenters. The molecule has 1 aliphatic heterocycles. The number of anilines is 3. The van der Waals surface area contributed by atoms with Crippen LogP contribution < -0.4 is 4.90 Å². The molecule has 3 heterocycles. The standard InChI is InChI=1S/C36H21NOS2/c1-4-12-29-25(8-1)26-20-21-33-35(36(26)38-29)34-24(9-7-15-32(34)40-33)22-16-18-23(19-17-22)37-27-10-2-5-13-30(27)39-31-14-6-3-11-28(31)37/h1-21H. The first kappa shape index (κ1) is 22.3. The van der Waals surface area contributed by atoms with Gasteiger partial charge in [-0.1, -0.05) is 78.5 Å². The maximum atomic E-state index is 6.49. The Kier molecular flexibility index (Phi) is 4.74. The van der Waals surface area contributed by atoms with E-state index in [0.29, 0.717) is 0 Å². The number of hydrogen-bond donors (Lipinski definition) is 0. The third-order valence-corrected chi connectivity index (χ3v) is 10.1. The highest BCUT2D eigenvalue weighted by Crippen LogP contribution is 2.51. The molecule has 0 fully saturated rings. The topological polar surface area (TPSA) is 16.4 Å². The molecule has 0 radical (unpaired) electrons. The summed E-state index contributed by atoms with van der Waals surface area (Å²) < 4.78 is 9.02. The van der Waals surface area contributed by atoms with E-state index in [2.05, 4.69) is 126 Å². The molecule has 2 aromatic heterocycles. The number of rotatable bonds is 2. The molecule has 1 aliphatic rings. The minimum atomic E-state index is 0.937. The molecule has 0 saturated carbocycles. The van der Waals surface area contributed by atoms with Crippen LogP contribution in [0.3, 0.4) is 0 Å². The summed E-state index contributed by atoms with van der Waals surface area (Å²) in [7, 11) is 0. The lowest BCUT2D eigenvalue weighted by molar-refractivity contribution is 0.673. The van der Waals surface area contributed by atoms with Crippen molar-refractivity contribution in [3.63, 3.8) is 0 Å². The molecule has 0 N–H and O–H groups in total. The Bertz CT molecular complexity index is 2210. The molecule has 0 amide bonds. The van der Waals surface area contributed by atoms with Crippen molar-refractivity contribution in [3.05, 3.63) is 127 Å². The largest absolute Gasteiger partial charge is 0.455 e. The number of thiophene rings is 1. The summed E-state index contributed by atoms with van der Waals surface area (Å²) in [6, 6.07) is 45.8.